The van der Waals surface area contributed by atoms with Crippen LogP contribution in [0.3, 0.4) is 0 Å². The number of rotatable bonds is 12. The smallest absolute Gasteiger partial charge is 0.174 e. The molecule has 172 valence electrons. The number of ether oxygens (including phenoxy) is 2. The van der Waals surface area contributed by atoms with Crippen LogP contribution in [0.5, 0.6) is 0 Å². The second-order valence-corrected chi connectivity index (χ2v) is 9.33. The van der Waals surface area contributed by atoms with Gasteiger partial charge in [-0.1, -0.05) is 65.0 Å². The Kier molecular flexibility index (Phi) is 9.35. The number of hydrogen-bond acceptors (Lipinski definition) is 4. The summed E-state index contributed by atoms with van der Waals surface area (Å²) < 4.78 is 13.1. The molecular weight excluding hydrogens is 374 g/mol. The van der Waals surface area contributed by atoms with Crippen molar-refractivity contribution in [1.29, 1.82) is 0 Å². The minimum absolute atomic E-state index is 0.157. The predicted octanol–water partition coefficient (Wildman–Crippen LogP) is 6.39. The second kappa shape index (κ2) is 11.1. The molecule has 1 heterocycles. The Morgan fingerprint density at radius 2 is 1.50 bits per heavy atom. The fourth-order valence-electron chi connectivity index (χ4n) is 4.89. The van der Waals surface area contributed by atoms with Crippen molar-refractivity contribution < 1.29 is 14.3 Å². The Morgan fingerprint density at radius 3 is 2.00 bits per heavy atom. The molecule has 0 aliphatic carbocycles. The maximum Gasteiger partial charge on any atom is 0.174 e. The van der Waals surface area contributed by atoms with Crippen molar-refractivity contribution in [3.63, 3.8) is 0 Å². The Balaban J connectivity index is 2.31. The van der Waals surface area contributed by atoms with E-state index >= 15 is 0 Å². The van der Waals surface area contributed by atoms with Crippen molar-refractivity contribution in [2.45, 2.75) is 104 Å². The van der Waals surface area contributed by atoms with E-state index in [0.29, 0.717) is 6.61 Å². The van der Waals surface area contributed by atoms with Gasteiger partial charge in [-0.25, -0.2) is 0 Å². The molecule has 0 aromatic heterocycles. The maximum atomic E-state index is 6.59. The molecule has 1 fully saturated rings. The summed E-state index contributed by atoms with van der Waals surface area (Å²) in [6, 6.07) is 10.6. The van der Waals surface area contributed by atoms with E-state index in [9.17, 15) is 0 Å². The second-order valence-electron chi connectivity index (χ2n) is 9.33. The van der Waals surface area contributed by atoms with E-state index in [1.807, 2.05) is 0 Å². The van der Waals surface area contributed by atoms with Gasteiger partial charge in [-0.15, -0.1) is 0 Å². The first kappa shape index (κ1) is 25.3. The molecular formula is C26H45NO3. The van der Waals surface area contributed by atoms with Gasteiger partial charge in [0.25, 0.3) is 0 Å². The predicted molar refractivity (Wildman–Crippen MR) is 124 cm³/mol. The minimum atomic E-state index is -0.569. The van der Waals surface area contributed by atoms with Crippen molar-refractivity contribution in [1.82, 2.24) is 5.06 Å². The van der Waals surface area contributed by atoms with Crippen LogP contribution < -0.4 is 0 Å². The van der Waals surface area contributed by atoms with Gasteiger partial charge < -0.3 is 9.47 Å². The minimum Gasteiger partial charge on any atom is -0.349 e. The topological polar surface area (TPSA) is 30.9 Å². The molecule has 4 nitrogen and oxygen atoms in total. The summed E-state index contributed by atoms with van der Waals surface area (Å²) in [6.45, 7) is 17.9. The summed E-state index contributed by atoms with van der Waals surface area (Å²) in [4.78, 5) is 6.59. The van der Waals surface area contributed by atoms with Gasteiger partial charge in [0.05, 0.1) is 12.1 Å². The van der Waals surface area contributed by atoms with Crippen molar-refractivity contribution in [2.75, 3.05) is 19.8 Å². The first-order chi connectivity index (χ1) is 14.3. The van der Waals surface area contributed by atoms with Crippen molar-refractivity contribution in [3.05, 3.63) is 35.9 Å². The van der Waals surface area contributed by atoms with Gasteiger partial charge in [0, 0.05) is 31.1 Å². The van der Waals surface area contributed by atoms with E-state index in [2.05, 4.69) is 83.9 Å². The van der Waals surface area contributed by atoms with Gasteiger partial charge in [-0.05, 0) is 51.5 Å². The van der Waals surface area contributed by atoms with Crippen LogP contribution in [0.25, 0.3) is 0 Å². The summed E-state index contributed by atoms with van der Waals surface area (Å²) >= 11 is 0. The molecule has 0 bridgehead atoms. The fourth-order valence-corrected chi connectivity index (χ4v) is 4.89. The van der Waals surface area contributed by atoms with Crippen molar-refractivity contribution in [3.8, 4) is 0 Å². The standard InChI is InChI=1S/C26H45NO3/c1-8-18-28-26(29-19-9-2)21-24(6,10-3)27(25(7,11-4)22(26)5)30-20-17-23-15-13-12-14-16-23/h12-16,22H,8-11,17-21H2,1-7H3. The summed E-state index contributed by atoms with van der Waals surface area (Å²) in [5, 5.41) is 2.32. The van der Waals surface area contributed by atoms with E-state index < -0.39 is 5.79 Å². The highest BCUT2D eigenvalue weighted by Gasteiger charge is 2.61. The zero-order chi connectivity index (χ0) is 22.3. The van der Waals surface area contributed by atoms with E-state index in [1.165, 1.54) is 5.56 Å². The molecule has 1 aliphatic heterocycles. The molecule has 0 radical (unpaired) electrons. The quantitative estimate of drug-likeness (QED) is 0.367. The normalized spacial score (nSPS) is 29.2. The van der Waals surface area contributed by atoms with Crippen LogP contribution >= 0.6 is 0 Å². The summed E-state index contributed by atoms with van der Waals surface area (Å²) in [6.07, 6.45) is 5.67. The first-order valence-electron chi connectivity index (χ1n) is 12.1. The average molecular weight is 420 g/mol. The van der Waals surface area contributed by atoms with E-state index in [-0.39, 0.29) is 17.0 Å². The molecule has 0 N–H and O–H groups in total. The lowest BCUT2D eigenvalue weighted by atomic mass is 9.67. The van der Waals surface area contributed by atoms with Gasteiger partial charge in [-0.2, -0.15) is 5.06 Å². The highest BCUT2D eigenvalue weighted by atomic mass is 16.7. The van der Waals surface area contributed by atoms with Crippen molar-refractivity contribution in [2.24, 2.45) is 5.92 Å². The van der Waals surface area contributed by atoms with Crippen LogP contribution in [-0.2, 0) is 20.7 Å². The monoisotopic (exact) mass is 419 g/mol. The highest BCUT2D eigenvalue weighted by molar-refractivity contribution is 5.14. The lowest BCUT2D eigenvalue weighted by Gasteiger charge is -2.62. The Labute approximate surface area is 185 Å². The third-order valence-corrected chi connectivity index (χ3v) is 7.21. The average Bonchev–Trinajstić information content (AvgIpc) is 2.77. The Hall–Kier alpha value is -0.940. The molecule has 30 heavy (non-hydrogen) atoms. The lowest BCUT2D eigenvalue weighted by Crippen LogP contribution is -2.72. The SMILES string of the molecule is CCCOC1(OCCC)CC(C)(CC)N(OCCc2ccccc2)C(C)(CC)C1C. The zero-order valence-electron chi connectivity index (χ0n) is 20.5. The Bertz CT molecular complexity index is 614. The third kappa shape index (κ3) is 5.27. The third-order valence-electron chi connectivity index (χ3n) is 7.21. The molecule has 1 aliphatic rings. The summed E-state index contributed by atoms with van der Waals surface area (Å²) in [5.41, 5.74) is 0.974. The molecule has 1 aromatic rings. The first-order valence-corrected chi connectivity index (χ1v) is 12.1. The molecule has 1 saturated heterocycles. The van der Waals surface area contributed by atoms with Crippen molar-refractivity contribution >= 4 is 0 Å². The van der Waals surface area contributed by atoms with Gasteiger partial charge in [0.2, 0.25) is 0 Å². The zero-order valence-corrected chi connectivity index (χ0v) is 20.5. The van der Waals surface area contributed by atoms with Crippen LogP contribution in [0.1, 0.15) is 86.1 Å². The number of hydrogen-bond donors (Lipinski definition) is 0. The molecule has 3 unspecified atom stereocenters. The fraction of sp³-hybridized carbons (Fsp3) is 0.769. The molecule has 1 aromatic carbocycles. The molecule has 0 saturated carbocycles. The molecule has 0 spiro atoms. The molecule has 3 atom stereocenters. The molecule has 0 amide bonds. The molecule has 2 rings (SSSR count). The van der Waals surface area contributed by atoms with Gasteiger partial charge >= 0.3 is 0 Å². The van der Waals surface area contributed by atoms with Crippen LogP contribution in [0.4, 0.5) is 0 Å². The van der Waals surface area contributed by atoms with Crippen LogP contribution in [0.15, 0.2) is 30.3 Å². The Morgan fingerprint density at radius 1 is 0.900 bits per heavy atom. The number of hydroxylamine groups is 2. The maximum absolute atomic E-state index is 6.59. The summed E-state index contributed by atoms with van der Waals surface area (Å²) in [5.74, 6) is -0.384. The van der Waals surface area contributed by atoms with E-state index in [1.54, 1.807) is 0 Å². The highest BCUT2D eigenvalue weighted by Crippen LogP contribution is 2.52. The van der Waals surface area contributed by atoms with Gasteiger partial charge in [0.15, 0.2) is 5.79 Å². The van der Waals surface area contributed by atoms with E-state index in [4.69, 9.17) is 14.3 Å². The van der Waals surface area contributed by atoms with Gasteiger partial charge in [-0.3, -0.25) is 4.84 Å². The van der Waals surface area contributed by atoms with Crippen LogP contribution in [0.2, 0.25) is 0 Å². The lowest BCUT2D eigenvalue weighted by molar-refractivity contribution is -0.387. The number of nitrogens with zero attached hydrogens (tertiary/aromatic N) is 1. The van der Waals surface area contributed by atoms with E-state index in [0.717, 1.165) is 51.7 Å². The van der Waals surface area contributed by atoms with Crippen LogP contribution in [-0.4, -0.2) is 41.7 Å². The summed E-state index contributed by atoms with van der Waals surface area (Å²) in [7, 11) is 0. The van der Waals surface area contributed by atoms with Crippen LogP contribution in [0, 0.1) is 5.92 Å². The van der Waals surface area contributed by atoms with Gasteiger partial charge in [0.1, 0.15) is 0 Å². The largest absolute Gasteiger partial charge is 0.349 e. The number of piperidine rings is 1. The number of benzene rings is 1. The molecule has 4 heteroatoms.